The zero-order valence-corrected chi connectivity index (χ0v) is 16.8. The first-order chi connectivity index (χ1) is 13.6. The molecule has 0 bridgehead atoms. The quantitative estimate of drug-likeness (QED) is 0.525. The van der Waals surface area contributed by atoms with Crippen molar-refractivity contribution < 1.29 is 4.79 Å². The van der Waals surface area contributed by atoms with Gasteiger partial charge in [0.25, 0.3) is 5.91 Å². The van der Waals surface area contributed by atoms with Crippen LogP contribution in [0.2, 0.25) is 0 Å². The number of hydrogen-bond acceptors (Lipinski definition) is 4. The van der Waals surface area contributed by atoms with E-state index in [1.165, 1.54) is 0 Å². The van der Waals surface area contributed by atoms with E-state index in [2.05, 4.69) is 9.98 Å². The molecule has 5 nitrogen and oxygen atoms in total. The SMILES string of the molecule is CN(C)c1ccc(/C=C2N=C(/C=C/c3ccncc3)N(CCCCl)C\2=O)cc1. The number of pyridine rings is 1. The third kappa shape index (κ3) is 4.87. The molecule has 0 aliphatic carbocycles. The first-order valence-corrected chi connectivity index (χ1v) is 9.65. The van der Waals surface area contributed by atoms with Gasteiger partial charge in [0.05, 0.1) is 0 Å². The van der Waals surface area contributed by atoms with Gasteiger partial charge in [0.1, 0.15) is 11.5 Å². The van der Waals surface area contributed by atoms with Crippen LogP contribution in [0.1, 0.15) is 17.5 Å². The number of carbonyl (C=O) groups excluding carboxylic acids is 1. The van der Waals surface area contributed by atoms with Crippen molar-refractivity contribution in [3.63, 3.8) is 0 Å². The first-order valence-electron chi connectivity index (χ1n) is 9.12. The van der Waals surface area contributed by atoms with Crippen molar-refractivity contribution in [3.05, 3.63) is 71.7 Å². The summed E-state index contributed by atoms with van der Waals surface area (Å²) in [4.78, 5) is 25.2. The minimum absolute atomic E-state index is 0.101. The number of amides is 1. The minimum atomic E-state index is -0.101. The van der Waals surface area contributed by atoms with Gasteiger partial charge < -0.3 is 4.90 Å². The third-order valence-electron chi connectivity index (χ3n) is 4.34. The molecule has 2 aromatic rings. The Balaban J connectivity index is 1.87. The van der Waals surface area contributed by atoms with E-state index >= 15 is 0 Å². The summed E-state index contributed by atoms with van der Waals surface area (Å²) in [5.41, 5.74) is 3.48. The van der Waals surface area contributed by atoms with Gasteiger partial charge in [0.15, 0.2) is 0 Å². The van der Waals surface area contributed by atoms with Crippen molar-refractivity contribution in [2.24, 2.45) is 4.99 Å². The molecule has 1 aromatic carbocycles. The van der Waals surface area contributed by atoms with E-state index in [4.69, 9.17) is 11.6 Å². The lowest BCUT2D eigenvalue weighted by atomic mass is 10.1. The lowest BCUT2D eigenvalue weighted by Gasteiger charge is -2.15. The normalized spacial score (nSPS) is 15.5. The van der Waals surface area contributed by atoms with Gasteiger partial charge >= 0.3 is 0 Å². The molecule has 6 heteroatoms. The van der Waals surface area contributed by atoms with E-state index in [1.54, 1.807) is 17.3 Å². The van der Waals surface area contributed by atoms with Gasteiger partial charge in [0, 0.05) is 44.6 Å². The molecule has 0 atom stereocenters. The van der Waals surface area contributed by atoms with Gasteiger partial charge in [-0.15, -0.1) is 11.6 Å². The van der Waals surface area contributed by atoms with E-state index in [0.29, 0.717) is 30.4 Å². The Bertz CT molecular complexity index is 902. The predicted molar refractivity (Wildman–Crippen MR) is 117 cm³/mol. The lowest BCUT2D eigenvalue weighted by molar-refractivity contribution is -0.122. The monoisotopic (exact) mass is 394 g/mol. The Morgan fingerprint density at radius 3 is 2.39 bits per heavy atom. The van der Waals surface area contributed by atoms with E-state index in [1.807, 2.05) is 73.6 Å². The number of halogens is 1. The number of alkyl halides is 1. The van der Waals surface area contributed by atoms with Crippen molar-refractivity contribution in [1.82, 2.24) is 9.88 Å². The molecular formula is C22H23ClN4O. The number of rotatable bonds is 7. The maximum absolute atomic E-state index is 12.9. The number of hydrogen-bond donors (Lipinski definition) is 0. The highest BCUT2D eigenvalue weighted by atomic mass is 35.5. The van der Waals surface area contributed by atoms with Gasteiger partial charge in [-0.25, -0.2) is 4.99 Å². The number of benzene rings is 1. The molecule has 0 spiro atoms. The zero-order valence-electron chi connectivity index (χ0n) is 16.0. The van der Waals surface area contributed by atoms with E-state index in [0.717, 1.165) is 16.8 Å². The number of carbonyl (C=O) groups is 1. The van der Waals surface area contributed by atoms with Crippen molar-refractivity contribution >= 4 is 41.2 Å². The van der Waals surface area contributed by atoms with Crippen LogP contribution in [0.15, 0.2) is 65.6 Å². The van der Waals surface area contributed by atoms with Gasteiger partial charge in [-0.05, 0) is 54.0 Å². The van der Waals surface area contributed by atoms with Crippen LogP contribution in [0.5, 0.6) is 0 Å². The summed E-state index contributed by atoms with van der Waals surface area (Å²) >= 11 is 5.83. The molecule has 0 saturated carbocycles. The fourth-order valence-corrected chi connectivity index (χ4v) is 2.92. The minimum Gasteiger partial charge on any atom is -0.378 e. The van der Waals surface area contributed by atoms with Crippen LogP contribution in [-0.4, -0.2) is 48.1 Å². The summed E-state index contributed by atoms with van der Waals surface area (Å²) in [5, 5.41) is 0. The molecule has 1 aliphatic rings. The van der Waals surface area contributed by atoms with Crippen molar-refractivity contribution in [2.75, 3.05) is 31.4 Å². The predicted octanol–water partition coefficient (Wildman–Crippen LogP) is 4.07. The highest BCUT2D eigenvalue weighted by molar-refractivity contribution is 6.19. The number of anilines is 1. The molecule has 1 amide bonds. The Kier molecular flexibility index (Phi) is 6.61. The second-order valence-electron chi connectivity index (χ2n) is 6.60. The van der Waals surface area contributed by atoms with Crippen LogP contribution in [-0.2, 0) is 4.79 Å². The smallest absolute Gasteiger partial charge is 0.278 e. The van der Waals surface area contributed by atoms with Crippen molar-refractivity contribution in [2.45, 2.75) is 6.42 Å². The number of amidine groups is 1. The molecule has 0 saturated heterocycles. The maximum atomic E-state index is 12.9. The molecule has 0 N–H and O–H groups in total. The maximum Gasteiger partial charge on any atom is 0.278 e. The Morgan fingerprint density at radius 1 is 1.04 bits per heavy atom. The molecular weight excluding hydrogens is 372 g/mol. The summed E-state index contributed by atoms with van der Waals surface area (Å²) < 4.78 is 0. The zero-order chi connectivity index (χ0) is 19.9. The topological polar surface area (TPSA) is 48.8 Å². The fraction of sp³-hybridized carbons (Fsp3) is 0.227. The number of aromatic nitrogens is 1. The third-order valence-corrected chi connectivity index (χ3v) is 4.60. The largest absolute Gasteiger partial charge is 0.378 e. The standard InChI is InChI=1S/C22H23ClN4O/c1-26(2)19-7-4-18(5-8-19)16-20-22(28)27(15-3-12-23)21(25-20)9-6-17-10-13-24-14-11-17/h4-11,13-14,16H,3,12,15H2,1-2H3/b9-6+,20-16-. The molecule has 0 fully saturated rings. The van der Waals surface area contributed by atoms with Gasteiger partial charge in [-0.3, -0.25) is 14.7 Å². The highest BCUT2D eigenvalue weighted by Crippen LogP contribution is 2.21. The summed E-state index contributed by atoms with van der Waals surface area (Å²) in [6, 6.07) is 11.8. The number of aliphatic imine (C=N–C) groups is 1. The second kappa shape index (κ2) is 9.33. The van der Waals surface area contributed by atoms with Crippen molar-refractivity contribution in [3.8, 4) is 0 Å². The van der Waals surface area contributed by atoms with E-state index < -0.39 is 0 Å². The molecule has 1 aromatic heterocycles. The van der Waals surface area contributed by atoms with E-state index in [-0.39, 0.29) is 5.91 Å². The van der Waals surface area contributed by atoms with Crippen LogP contribution in [0.4, 0.5) is 5.69 Å². The van der Waals surface area contributed by atoms with Gasteiger partial charge in [-0.1, -0.05) is 18.2 Å². The molecule has 1 aliphatic heterocycles. The van der Waals surface area contributed by atoms with Crippen LogP contribution in [0.3, 0.4) is 0 Å². The van der Waals surface area contributed by atoms with Gasteiger partial charge in [-0.2, -0.15) is 0 Å². The molecule has 0 radical (unpaired) electrons. The van der Waals surface area contributed by atoms with Crippen LogP contribution in [0, 0.1) is 0 Å². The Labute approximate surface area is 170 Å². The Hall–Kier alpha value is -2.92. The fourth-order valence-electron chi connectivity index (χ4n) is 2.80. The molecule has 0 unspecified atom stereocenters. The lowest BCUT2D eigenvalue weighted by Crippen LogP contribution is -2.32. The summed E-state index contributed by atoms with van der Waals surface area (Å²) in [5.74, 6) is 1.02. The van der Waals surface area contributed by atoms with Crippen molar-refractivity contribution in [1.29, 1.82) is 0 Å². The number of nitrogens with zero attached hydrogens (tertiary/aromatic N) is 4. The van der Waals surface area contributed by atoms with Crippen LogP contribution < -0.4 is 4.90 Å². The summed E-state index contributed by atoms with van der Waals surface area (Å²) in [7, 11) is 3.99. The Morgan fingerprint density at radius 2 is 1.75 bits per heavy atom. The van der Waals surface area contributed by atoms with E-state index in [9.17, 15) is 4.79 Å². The highest BCUT2D eigenvalue weighted by Gasteiger charge is 2.28. The summed E-state index contributed by atoms with van der Waals surface area (Å²) in [6.07, 6.45) is 9.78. The molecule has 144 valence electrons. The van der Waals surface area contributed by atoms with Crippen LogP contribution in [0.25, 0.3) is 12.2 Å². The second-order valence-corrected chi connectivity index (χ2v) is 6.98. The first kappa shape index (κ1) is 19.8. The van der Waals surface area contributed by atoms with Gasteiger partial charge in [0.2, 0.25) is 0 Å². The average molecular weight is 395 g/mol. The average Bonchev–Trinajstić information content (AvgIpc) is 3.00. The summed E-state index contributed by atoms with van der Waals surface area (Å²) in [6.45, 7) is 0.540. The molecule has 28 heavy (non-hydrogen) atoms. The molecule has 3 rings (SSSR count). The van der Waals surface area contributed by atoms with Crippen LogP contribution >= 0.6 is 11.6 Å². The molecule has 2 heterocycles.